The van der Waals surface area contributed by atoms with Gasteiger partial charge in [-0.15, -0.1) is 0 Å². The van der Waals surface area contributed by atoms with E-state index in [-0.39, 0.29) is 0 Å². The van der Waals surface area contributed by atoms with Crippen molar-refractivity contribution in [2.45, 2.75) is 0 Å². The first-order valence-electron chi connectivity index (χ1n) is 32.0. The van der Waals surface area contributed by atoms with E-state index in [0.29, 0.717) is 11.1 Å². The van der Waals surface area contributed by atoms with E-state index < -0.39 is 63.9 Å². The fourth-order valence-electron chi connectivity index (χ4n) is 17.1. The molecule has 2 nitrogen and oxygen atoms in total. The summed E-state index contributed by atoms with van der Waals surface area (Å²) in [5.41, 5.74) is 13.1. The topological polar surface area (TPSA) is 47.6 Å². The van der Waals surface area contributed by atoms with Crippen molar-refractivity contribution in [3.05, 3.63) is 217 Å². The van der Waals surface area contributed by atoms with E-state index in [1.54, 1.807) is 0 Å². The molecule has 0 unspecified atom stereocenters. The van der Waals surface area contributed by atoms with Gasteiger partial charge in [-0.05, 0) is 211 Å². The van der Waals surface area contributed by atoms with Gasteiger partial charge in [-0.3, -0.25) is 0 Å². The van der Waals surface area contributed by atoms with Crippen LogP contribution >= 0.6 is 0 Å². The minimum atomic E-state index is -0.925. The van der Waals surface area contributed by atoms with Crippen LogP contribution in [0.4, 0.5) is 0 Å². The van der Waals surface area contributed by atoms with Gasteiger partial charge in [-0.1, -0.05) is 170 Å². The minimum absolute atomic E-state index is 0.635. The lowest BCUT2D eigenvalue weighted by Gasteiger charge is -2.45. The summed E-state index contributed by atoms with van der Waals surface area (Å²) in [6.45, 7) is 0. The number of hydrogen-bond donors (Lipinski definition) is 0. The van der Waals surface area contributed by atoms with Crippen molar-refractivity contribution in [2.24, 2.45) is 0 Å². The Kier molecular flexibility index (Phi) is 15.4. The standard InChI is InChI=1S/C70H34N2.B23/c71-35-37-17-21-40(22-18-37)59-56-33-42-11-4-5-12-43(42)34-57(56)60(41-23-19-38(36-72)20-24-41)69-54-31-27-48-50-28-32-55-65-52(29-25-49(62(50)65)47-26-30-53(68(59)69)64(54)61(47)48)67-58(39-9-2-1-3-10-39)51-16-8-15-45-44-13-6-7-14-46(44)66(63(45)51)70(55)67;1-13-19(12)22(18(10)11)23(20(14(2)3)15(4)5)21(16(6)7)17(8)9/h1-34H;. The second-order valence-corrected chi connectivity index (χ2v) is 25.9. The molecule has 0 amide bonds. The van der Waals surface area contributed by atoms with Gasteiger partial charge in [0.2, 0.25) is 0 Å². The third kappa shape index (κ3) is 9.31. The van der Waals surface area contributed by atoms with Crippen molar-refractivity contribution >= 4 is 282 Å². The first-order chi connectivity index (χ1) is 46.1. The summed E-state index contributed by atoms with van der Waals surface area (Å²) in [5.74, 6) is 0. The third-order valence-corrected chi connectivity index (χ3v) is 20.9. The highest BCUT2D eigenvalue weighted by Crippen LogP contribution is 2.61. The molecule has 0 saturated carbocycles. The quantitative estimate of drug-likeness (QED) is 0.0656. The summed E-state index contributed by atoms with van der Waals surface area (Å²) in [5, 5.41) is 48.0. The number of nitrogens with zero attached hydrogens (tertiary/aromatic N) is 2. The first-order valence-corrected chi connectivity index (χ1v) is 32.0. The molecule has 17 rings (SSSR count). The van der Waals surface area contributed by atoms with E-state index >= 15 is 0 Å². The zero-order chi connectivity index (χ0) is 65.6. The summed E-state index contributed by atoms with van der Waals surface area (Å²) in [4.78, 5) is 0. The SMILES string of the molecule is N#Cc1ccc(-c2c3c(c(-c4ccc(C#N)cc4)c4cc5ccccc5cc24)-c2ccc4c5ccc6c7c(ccc(c8ccc-3c2c84)c57)c2c(-c3ccccc3)c3cccc4c5ccccc5c(c34)c62)cc1.[B][B]B([B])B(B([B])[B])B(B(B([B])[B])B([B])[B])B(B([B])[B])B([B])[B]. The zero-order valence-corrected chi connectivity index (χ0v) is 51.8. The van der Waals surface area contributed by atoms with Crippen molar-refractivity contribution in [1.29, 1.82) is 10.5 Å². The van der Waals surface area contributed by atoms with Gasteiger partial charge in [-0.2, -0.15) is 10.5 Å². The molecule has 25 heteroatoms. The van der Waals surface area contributed by atoms with Crippen LogP contribution in [-0.4, -0.2) is 164 Å². The Labute approximate surface area is 573 Å². The van der Waals surface area contributed by atoms with Gasteiger partial charge in [0.15, 0.2) is 0 Å². The smallest absolute Gasteiger partial charge is 0.0991 e. The minimum Gasteiger partial charge on any atom is -0.192 e. The second-order valence-electron chi connectivity index (χ2n) is 25.9. The van der Waals surface area contributed by atoms with Crippen LogP contribution in [0.25, 0.3) is 174 Å². The number of benzene rings is 14. The molecule has 25 radical (unpaired) electrons. The van der Waals surface area contributed by atoms with Gasteiger partial charge in [0, 0.05) is 164 Å². The van der Waals surface area contributed by atoms with Crippen molar-refractivity contribution in [2.75, 3.05) is 0 Å². The maximum Gasteiger partial charge on any atom is 0.0991 e. The fraction of sp³-hybridized carbons (Fsp3) is 0. The molecule has 0 atom stereocenters. The largest absolute Gasteiger partial charge is 0.192 e. The van der Waals surface area contributed by atoms with E-state index in [9.17, 15) is 10.5 Å². The molecule has 0 bridgehead atoms. The van der Waals surface area contributed by atoms with Crippen LogP contribution in [-0.2, 0) is 0 Å². The van der Waals surface area contributed by atoms with Crippen LogP contribution in [0.1, 0.15) is 11.1 Å². The molecule has 0 saturated heterocycles. The molecule has 0 aromatic heterocycles. The Bertz CT molecular complexity index is 5650. The zero-order valence-electron chi connectivity index (χ0n) is 51.8. The highest BCUT2D eigenvalue weighted by molar-refractivity contribution is 8.22. The lowest BCUT2D eigenvalue weighted by molar-refractivity contribution is 1.48. The van der Waals surface area contributed by atoms with Gasteiger partial charge in [0.25, 0.3) is 0 Å². The molecule has 0 fully saturated rings. The maximum atomic E-state index is 9.94. The van der Waals surface area contributed by atoms with Gasteiger partial charge in [0.1, 0.15) is 0 Å². The van der Waals surface area contributed by atoms with E-state index in [4.69, 9.17) is 92.8 Å². The molecule has 393 valence electrons. The molecular weight excluding hydrogens is 1120 g/mol. The van der Waals surface area contributed by atoms with Gasteiger partial charge in [-0.25, -0.2) is 0 Å². The highest BCUT2D eigenvalue weighted by atomic mass is 14.4. The van der Waals surface area contributed by atoms with Crippen molar-refractivity contribution in [3.63, 3.8) is 0 Å². The lowest BCUT2D eigenvalue weighted by atomic mass is 8.36. The lowest BCUT2D eigenvalue weighted by Crippen LogP contribution is -2.83. The van der Waals surface area contributed by atoms with Crippen LogP contribution in [0, 0.1) is 22.7 Å². The number of fused-ring (bicyclic) bond motifs is 14. The number of nitriles is 2. The Morgan fingerprint density at radius 3 is 1.11 bits per heavy atom. The molecule has 1 aliphatic rings. The predicted molar refractivity (Wildman–Crippen MR) is 435 cm³/mol. The predicted octanol–water partition coefficient (Wildman–Crippen LogP) is 10.3. The number of rotatable bonds is 13. The van der Waals surface area contributed by atoms with Crippen molar-refractivity contribution in [1.82, 2.24) is 0 Å². The van der Waals surface area contributed by atoms with E-state index in [1.165, 1.54) is 148 Å². The molecular formula is C70H34B23N2. The Hall–Kier alpha value is -8.37. The van der Waals surface area contributed by atoms with Crippen LogP contribution in [0.15, 0.2) is 206 Å². The molecule has 1 aliphatic carbocycles. The molecule has 0 N–H and O–H groups in total. The summed E-state index contributed by atoms with van der Waals surface area (Å²) in [6, 6.07) is 80.5. The van der Waals surface area contributed by atoms with Crippen molar-refractivity contribution in [3.8, 4) is 67.8 Å². The molecule has 95 heavy (non-hydrogen) atoms. The fourth-order valence-corrected chi connectivity index (χ4v) is 17.1. The summed E-state index contributed by atoms with van der Waals surface area (Å²) in [6.07, 6.45) is -8.03. The second kappa shape index (κ2) is 23.8. The van der Waals surface area contributed by atoms with Crippen LogP contribution in [0.2, 0.25) is 0 Å². The molecule has 16 aromatic carbocycles. The first kappa shape index (κ1) is 61.5. The van der Waals surface area contributed by atoms with E-state index in [2.05, 4.69) is 194 Å². The average molecular weight is 1150 g/mol. The van der Waals surface area contributed by atoms with Gasteiger partial charge in [0.05, 0.1) is 23.3 Å². The van der Waals surface area contributed by atoms with Crippen molar-refractivity contribution < 1.29 is 0 Å². The highest BCUT2D eigenvalue weighted by Gasteiger charge is 2.47. The molecule has 0 heterocycles. The molecule has 16 aromatic rings. The Morgan fingerprint density at radius 2 is 0.621 bits per heavy atom. The Balaban J connectivity index is 0.000000267. The van der Waals surface area contributed by atoms with E-state index in [1.807, 2.05) is 24.3 Å². The Morgan fingerprint density at radius 1 is 0.263 bits per heavy atom. The normalized spacial score (nSPS) is 11.6. The van der Waals surface area contributed by atoms with Crippen LogP contribution < -0.4 is 0 Å². The van der Waals surface area contributed by atoms with E-state index in [0.717, 1.165) is 33.0 Å². The summed E-state index contributed by atoms with van der Waals surface area (Å²) < 4.78 is 0. The molecule has 0 spiro atoms. The van der Waals surface area contributed by atoms with Crippen LogP contribution in [0.5, 0.6) is 0 Å². The molecule has 0 aliphatic heterocycles. The van der Waals surface area contributed by atoms with Gasteiger partial charge >= 0.3 is 0 Å². The maximum absolute atomic E-state index is 9.94. The van der Waals surface area contributed by atoms with Gasteiger partial charge < -0.3 is 0 Å². The summed E-state index contributed by atoms with van der Waals surface area (Å²) >= 11 is 0. The number of hydrogen-bond acceptors (Lipinski definition) is 2. The van der Waals surface area contributed by atoms with Crippen LogP contribution in [0.3, 0.4) is 0 Å². The summed E-state index contributed by atoms with van der Waals surface area (Å²) in [7, 11) is 71.4. The monoisotopic (exact) mass is 1160 g/mol. The third-order valence-electron chi connectivity index (χ3n) is 20.9. The average Bonchev–Trinajstić information content (AvgIpc) is 1.57.